The Balaban J connectivity index is 3.41. The highest BCUT2D eigenvalue weighted by Gasteiger charge is 2.13. The molecule has 1 N–H and O–H groups in total. The molecular formula is C36H68O4. The number of carbonyl (C=O) groups excluding carboxylic acids is 1. The summed E-state index contributed by atoms with van der Waals surface area (Å²) in [6.07, 6.45) is 38.8. The molecule has 0 spiro atoms. The zero-order valence-corrected chi connectivity index (χ0v) is 26.9. The second kappa shape index (κ2) is 32.2. The van der Waals surface area contributed by atoms with Gasteiger partial charge in [0.2, 0.25) is 0 Å². The highest BCUT2D eigenvalue weighted by Crippen LogP contribution is 2.16. The molecule has 4 heteroatoms. The molecule has 0 rings (SSSR count). The van der Waals surface area contributed by atoms with Crippen molar-refractivity contribution in [2.75, 3.05) is 0 Å². The third-order valence-electron chi connectivity index (χ3n) is 7.97. The van der Waals surface area contributed by atoms with Crippen LogP contribution in [0.25, 0.3) is 0 Å². The summed E-state index contributed by atoms with van der Waals surface area (Å²) in [6, 6.07) is 0. The molecule has 0 radical (unpaired) electrons. The van der Waals surface area contributed by atoms with E-state index < -0.39 is 5.97 Å². The number of rotatable bonds is 32. The summed E-state index contributed by atoms with van der Waals surface area (Å²) in [7, 11) is 0. The molecule has 1 atom stereocenters. The lowest BCUT2D eigenvalue weighted by molar-refractivity contribution is -0.150. The van der Waals surface area contributed by atoms with Gasteiger partial charge in [-0.1, -0.05) is 142 Å². The molecule has 0 aromatic heterocycles. The van der Waals surface area contributed by atoms with Crippen LogP contribution in [0.2, 0.25) is 0 Å². The first-order valence-corrected chi connectivity index (χ1v) is 17.7. The number of esters is 1. The first-order chi connectivity index (χ1) is 19.6. The number of carboxylic acid groups (broad SMARTS) is 1. The van der Waals surface area contributed by atoms with E-state index in [1.54, 1.807) is 0 Å². The van der Waals surface area contributed by atoms with Crippen LogP contribution in [0.4, 0.5) is 0 Å². The Morgan fingerprint density at radius 1 is 0.525 bits per heavy atom. The third kappa shape index (κ3) is 31.2. The van der Waals surface area contributed by atoms with Gasteiger partial charge < -0.3 is 9.84 Å². The van der Waals surface area contributed by atoms with Gasteiger partial charge in [0.05, 0.1) is 0 Å². The number of ether oxygens (including phenoxy) is 1. The standard InChI is InChI=1S/C36H68O4/c1-3-5-6-7-8-9-10-11-12-13-14-15-16-17-18-19-20-21-22-23-24-25-29-33-36(39)40-34(30-4-2)31-27-26-28-32-35(37)38/h13-14,34H,3-12,15-33H2,1-2H3,(H,37,38)/b14-13-. The van der Waals surface area contributed by atoms with Gasteiger partial charge in [0.1, 0.15) is 6.10 Å². The molecule has 0 aliphatic carbocycles. The number of hydrogen-bond donors (Lipinski definition) is 1. The fourth-order valence-electron chi connectivity index (χ4n) is 5.41. The Kier molecular flexibility index (Phi) is 31.1. The van der Waals surface area contributed by atoms with E-state index in [4.69, 9.17) is 9.84 Å². The van der Waals surface area contributed by atoms with Crippen molar-refractivity contribution in [1.82, 2.24) is 0 Å². The van der Waals surface area contributed by atoms with E-state index in [1.165, 1.54) is 122 Å². The Hall–Kier alpha value is -1.32. The lowest BCUT2D eigenvalue weighted by Gasteiger charge is -2.17. The van der Waals surface area contributed by atoms with Crippen LogP contribution in [0.3, 0.4) is 0 Å². The van der Waals surface area contributed by atoms with E-state index in [0.29, 0.717) is 12.8 Å². The number of carboxylic acids is 1. The van der Waals surface area contributed by atoms with Crippen LogP contribution in [-0.2, 0) is 14.3 Å². The Bertz CT molecular complexity index is 571. The third-order valence-corrected chi connectivity index (χ3v) is 7.97. The van der Waals surface area contributed by atoms with E-state index in [1.807, 2.05) is 0 Å². The molecule has 0 bridgehead atoms. The Morgan fingerprint density at radius 3 is 1.43 bits per heavy atom. The molecule has 40 heavy (non-hydrogen) atoms. The topological polar surface area (TPSA) is 63.6 Å². The number of aliphatic carboxylic acids is 1. The number of carbonyl (C=O) groups is 2. The summed E-state index contributed by atoms with van der Waals surface area (Å²) in [6.45, 7) is 4.40. The molecule has 0 fully saturated rings. The van der Waals surface area contributed by atoms with Crippen molar-refractivity contribution in [3.8, 4) is 0 Å². The smallest absolute Gasteiger partial charge is 0.306 e. The quantitative estimate of drug-likeness (QED) is 0.0501. The van der Waals surface area contributed by atoms with Gasteiger partial charge in [0.25, 0.3) is 0 Å². The van der Waals surface area contributed by atoms with Crippen molar-refractivity contribution in [2.24, 2.45) is 0 Å². The predicted octanol–water partition coefficient (Wildman–Crippen LogP) is 11.9. The van der Waals surface area contributed by atoms with Gasteiger partial charge in [0.15, 0.2) is 0 Å². The van der Waals surface area contributed by atoms with Crippen LogP contribution in [0.1, 0.15) is 200 Å². The second-order valence-corrected chi connectivity index (χ2v) is 12.1. The normalized spacial score (nSPS) is 12.2. The van der Waals surface area contributed by atoms with Crippen LogP contribution >= 0.6 is 0 Å². The molecule has 0 aromatic carbocycles. The molecule has 0 aromatic rings. The van der Waals surface area contributed by atoms with E-state index in [0.717, 1.165) is 44.9 Å². The van der Waals surface area contributed by atoms with Gasteiger partial charge in [-0.2, -0.15) is 0 Å². The van der Waals surface area contributed by atoms with Crippen LogP contribution in [0, 0.1) is 0 Å². The fourth-order valence-corrected chi connectivity index (χ4v) is 5.41. The average Bonchev–Trinajstić information content (AvgIpc) is 2.93. The Morgan fingerprint density at radius 2 is 0.950 bits per heavy atom. The summed E-state index contributed by atoms with van der Waals surface area (Å²) in [5, 5.41) is 8.72. The molecular weight excluding hydrogens is 496 g/mol. The lowest BCUT2D eigenvalue weighted by atomic mass is 10.0. The second-order valence-electron chi connectivity index (χ2n) is 12.1. The summed E-state index contributed by atoms with van der Waals surface area (Å²) in [5.41, 5.74) is 0. The molecule has 0 heterocycles. The number of hydrogen-bond acceptors (Lipinski definition) is 3. The van der Waals surface area contributed by atoms with E-state index in [2.05, 4.69) is 26.0 Å². The van der Waals surface area contributed by atoms with E-state index >= 15 is 0 Å². The SMILES string of the molecule is CCCCCCCCCC/C=C\CCCCCCCCCCCCCC(=O)OC(CCC)CCCCCC(=O)O. The predicted molar refractivity (Wildman–Crippen MR) is 172 cm³/mol. The largest absolute Gasteiger partial charge is 0.481 e. The van der Waals surface area contributed by atoms with Crippen molar-refractivity contribution in [3.05, 3.63) is 12.2 Å². The number of allylic oxidation sites excluding steroid dienone is 2. The minimum atomic E-state index is -0.731. The first kappa shape index (κ1) is 38.7. The van der Waals surface area contributed by atoms with Gasteiger partial charge in [-0.25, -0.2) is 0 Å². The Labute approximate surface area is 249 Å². The maximum atomic E-state index is 12.2. The highest BCUT2D eigenvalue weighted by atomic mass is 16.5. The zero-order valence-electron chi connectivity index (χ0n) is 26.9. The first-order valence-electron chi connectivity index (χ1n) is 17.7. The van der Waals surface area contributed by atoms with Crippen LogP contribution < -0.4 is 0 Å². The molecule has 0 aliphatic rings. The zero-order chi connectivity index (χ0) is 29.4. The van der Waals surface area contributed by atoms with Gasteiger partial charge in [-0.05, 0) is 57.8 Å². The maximum absolute atomic E-state index is 12.2. The monoisotopic (exact) mass is 565 g/mol. The molecule has 0 saturated carbocycles. The van der Waals surface area contributed by atoms with E-state index in [-0.39, 0.29) is 18.5 Å². The molecule has 0 saturated heterocycles. The fraction of sp³-hybridized carbons (Fsp3) is 0.889. The van der Waals surface area contributed by atoms with Crippen molar-refractivity contribution < 1.29 is 19.4 Å². The molecule has 0 aliphatic heterocycles. The minimum absolute atomic E-state index is 0.00308. The van der Waals surface area contributed by atoms with Crippen LogP contribution in [-0.4, -0.2) is 23.1 Å². The summed E-state index contributed by atoms with van der Waals surface area (Å²) < 4.78 is 5.71. The maximum Gasteiger partial charge on any atom is 0.306 e. The van der Waals surface area contributed by atoms with Gasteiger partial charge >= 0.3 is 11.9 Å². The number of unbranched alkanes of at least 4 members (excludes halogenated alkanes) is 21. The average molecular weight is 565 g/mol. The van der Waals surface area contributed by atoms with Gasteiger partial charge in [-0.3, -0.25) is 9.59 Å². The summed E-state index contributed by atoms with van der Waals surface area (Å²) in [4.78, 5) is 22.8. The molecule has 0 amide bonds. The van der Waals surface area contributed by atoms with E-state index in [9.17, 15) is 9.59 Å². The lowest BCUT2D eigenvalue weighted by Crippen LogP contribution is -2.18. The van der Waals surface area contributed by atoms with Crippen molar-refractivity contribution in [3.63, 3.8) is 0 Å². The van der Waals surface area contributed by atoms with Gasteiger partial charge in [0, 0.05) is 12.8 Å². The van der Waals surface area contributed by atoms with Crippen LogP contribution in [0.15, 0.2) is 12.2 Å². The molecule has 236 valence electrons. The van der Waals surface area contributed by atoms with Crippen LogP contribution in [0.5, 0.6) is 0 Å². The highest BCUT2D eigenvalue weighted by molar-refractivity contribution is 5.69. The van der Waals surface area contributed by atoms with Crippen molar-refractivity contribution in [1.29, 1.82) is 0 Å². The molecule has 4 nitrogen and oxygen atoms in total. The van der Waals surface area contributed by atoms with Crippen molar-refractivity contribution >= 4 is 11.9 Å². The minimum Gasteiger partial charge on any atom is -0.481 e. The van der Waals surface area contributed by atoms with Crippen molar-refractivity contribution in [2.45, 2.75) is 206 Å². The summed E-state index contributed by atoms with van der Waals surface area (Å²) >= 11 is 0. The summed E-state index contributed by atoms with van der Waals surface area (Å²) in [5.74, 6) is -0.784. The molecule has 1 unspecified atom stereocenters. The van der Waals surface area contributed by atoms with Gasteiger partial charge in [-0.15, -0.1) is 0 Å².